The summed E-state index contributed by atoms with van der Waals surface area (Å²) in [5.74, 6) is -0.466. The lowest BCUT2D eigenvalue weighted by molar-refractivity contribution is -0.122. The van der Waals surface area contributed by atoms with Gasteiger partial charge >= 0.3 is 0 Å². The number of rotatable bonds is 5. The molecule has 0 aliphatic carbocycles. The standard InChI is InChI=1S/C11H19BrN4O/c1-7-9(12)8(2)16(15-7)6-4-5-11(3,14)10(13)17/h4-6,14H2,1-3H3,(H2,13,17). The van der Waals surface area contributed by atoms with Gasteiger partial charge in [0.1, 0.15) is 0 Å². The summed E-state index contributed by atoms with van der Waals surface area (Å²) >= 11 is 3.47. The Morgan fingerprint density at radius 1 is 1.53 bits per heavy atom. The molecule has 1 aromatic rings. The highest BCUT2D eigenvalue weighted by molar-refractivity contribution is 9.10. The van der Waals surface area contributed by atoms with Gasteiger partial charge in [-0.15, -0.1) is 0 Å². The summed E-state index contributed by atoms with van der Waals surface area (Å²) in [6.45, 7) is 6.34. The molecular formula is C11H19BrN4O. The molecule has 0 aromatic carbocycles. The number of primary amides is 1. The fourth-order valence-corrected chi connectivity index (χ4v) is 1.90. The van der Waals surface area contributed by atoms with E-state index >= 15 is 0 Å². The van der Waals surface area contributed by atoms with Crippen molar-refractivity contribution in [3.63, 3.8) is 0 Å². The lowest BCUT2D eigenvalue weighted by Gasteiger charge is -2.20. The zero-order chi connectivity index (χ0) is 13.2. The highest BCUT2D eigenvalue weighted by Crippen LogP contribution is 2.20. The Kier molecular flexibility index (Phi) is 4.32. The van der Waals surface area contributed by atoms with Crippen molar-refractivity contribution in [2.24, 2.45) is 11.5 Å². The largest absolute Gasteiger partial charge is 0.368 e. The molecule has 0 fully saturated rings. The Hall–Kier alpha value is -0.880. The third-order valence-electron chi connectivity index (χ3n) is 2.92. The van der Waals surface area contributed by atoms with E-state index in [1.807, 2.05) is 18.5 Å². The van der Waals surface area contributed by atoms with E-state index < -0.39 is 11.4 Å². The van der Waals surface area contributed by atoms with Gasteiger partial charge in [-0.2, -0.15) is 5.10 Å². The molecule has 1 unspecified atom stereocenters. The molecule has 0 aliphatic heterocycles. The van der Waals surface area contributed by atoms with Crippen LogP contribution in [0.15, 0.2) is 4.47 Å². The minimum atomic E-state index is -0.937. The zero-order valence-corrected chi connectivity index (χ0v) is 12.0. The van der Waals surface area contributed by atoms with Gasteiger partial charge in [0.25, 0.3) is 0 Å². The molecular weight excluding hydrogens is 284 g/mol. The van der Waals surface area contributed by atoms with E-state index in [4.69, 9.17) is 11.5 Å². The van der Waals surface area contributed by atoms with Crippen LogP contribution in [0.1, 0.15) is 31.2 Å². The predicted molar refractivity (Wildman–Crippen MR) is 70.4 cm³/mol. The van der Waals surface area contributed by atoms with Crippen molar-refractivity contribution in [3.8, 4) is 0 Å². The summed E-state index contributed by atoms with van der Waals surface area (Å²) in [7, 11) is 0. The zero-order valence-electron chi connectivity index (χ0n) is 10.5. The summed E-state index contributed by atoms with van der Waals surface area (Å²) in [6.07, 6.45) is 1.32. The number of hydrogen-bond donors (Lipinski definition) is 2. The Morgan fingerprint density at radius 3 is 2.53 bits per heavy atom. The molecule has 1 rings (SSSR count). The van der Waals surface area contributed by atoms with Gasteiger partial charge in [0.05, 0.1) is 15.7 Å². The Balaban J connectivity index is 2.57. The molecule has 1 atom stereocenters. The molecule has 6 heteroatoms. The highest BCUT2D eigenvalue weighted by atomic mass is 79.9. The van der Waals surface area contributed by atoms with E-state index in [-0.39, 0.29) is 0 Å². The second kappa shape index (κ2) is 5.18. The molecule has 1 aromatic heterocycles. The normalized spacial score (nSPS) is 14.6. The number of amides is 1. The van der Waals surface area contributed by atoms with Gasteiger partial charge in [-0.05, 0) is 49.5 Å². The second-order valence-electron chi connectivity index (χ2n) is 4.59. The molecule has 0 aliphatic rings. The van der Waals surface area contributed by atoms with Crippen LogP contribution in [0.5, 0.6) is 0 Å². The first-order valence-corrected chi connectivity index (χ1v) is 6.33. The first kappa shape index (κ1) is 14.2. The molecule has 0 radical (unpaired) electrons. The molecule has 0 bridgehead atoms. The molecule has 0 saturated carbocycles. The average molecular weight is 303 g/mol. The van der Waals surface area contributed by atoms with Crippen LogP contribution in [0.2, 0.25) is 0 Å². The van der Waals surface area contributed by atoms with E-state index in [9.17, 15) is 4.79 Å². The SMILES string of the molecule is Cc1nn(CCCC(C)(N)C(N)=O)c(C)c1Br. The molecule has 17 heavy (non-hydrogen) atoms. The van der Waals surface area contributed by atoms with Crippen molar-refractivity contribution < 1.29 is 4.79 Å². The monoisotopic (exact) mass is 302 g/mol. The maximum Gasteiger partial charge on any atom is 0.237 e. The first-order chi connectivity index (χ1) is 7.75. The maximum atomic E-state index is 11.1. The molecule has 0 saturated heterocycles. The minimum absolute atomic E-state index is 0.466. The fraction of sp³-hybridized carbons (Fsp3) is 0.636. The molecule has 1 heterocycles. The van der Waals surface area contributed by atoms with Crippen molar-refractivity contribution in [1.29, 1.82) is 0 Å². The van der Waals surface area contributed by atoms with Crippen LogP contribution in [0.3, 0.4) is 0 Å². The number of aromatic nitrogens is 2. The Bertz CT molecular complexity index is 425. The summed E-state index contributed by atoms with van der Waals surface area (Å²) < 4.78 is 2.94. The molecule has 5 nitrogen and oxygen atoms in total. The van der Waals surface area contributed by atoms with Crippen LogP contribution in [0.4, 0.5) is 0 Å². The summed E-state index contributed by atoms with van der Waals surface area (Å²) in [6, 6.07) is 0. The van der Waals surface area contributed by atoms with E-state index in [0.29, 0.717) is 6.42 Å². The van der Waals surface area contributed by atoms with Gasteiger partial charge in [-0.1, -0.05) is 0 Å². The average Bonchev–Trinajstić information content (AvgIpc) is 2.46. The van der Waals surface area contributed by atoms with Gasteiger partial charge in [0, 0.05) is 12.2 Å². The van der Waals surface area contributed by atoms with Crippen molar-refractivity contribution in [3.05, 3.63) is 15.9 Å². The molecule has 0 spiro atoms. The first-order valence-electron chi connectivity index (χ1n) is 5.54. The second-order valence-corrected chi connectivity index (χ2v) is 5.39. The predicted octanol–water partition coefficient (Wildman–Crippen LogP) is 1.25. The van der Waals surface area contributed by atoms with E-state index in [1.165, 1.54) is 0 Å². The van der Waals surface area contributed by atoms with Crippen molar-refractivity contribution in [1.82, 2.24) is 9.78 Å². The van der Waals surface area contributed by atoms with Crippen LogP contribution in [-0.4, -0.2) is 21.2 Å². The number of aryl methyl sites for hydroxylation is 2. The van der Waals surface area contributed by atoms with E-state index in [0.717, 1.165) is 28.8 Å². The van der Waals surface area contributed by atoms with Gasteiger partial charge in [-0.25, -0.2) is 0 Å². The van der Waals surface area contributed by atoms with Gasteiger partial charge in [0.2, 0.25) is 5.91 Å². The fourth-order valence-electron chi connectivity index (χ4n) is 1.61. The number of hydrogen-bond acceptors (Lipinski definition) is 3. The van der Waals surface area contributed by atoms with Crippen LogP contribution < -0.4 is 11.5 Å². The number of halogens is 1. The van der Waals surface area contributed by atoms with Crippen molar-refractivity contribution >= 4 is 21.8 Å². The topological polar surface area (TPSA) is 86.9 Å². The quantitative estimate of drug-likeness (QED) is 0.858. The van der Waals surface area contributed by atoms with Gasteiger partial charge in [0.15, 0.2) is 0 Å². The third-order valence-corrected chi connectivity index (χ3v) is 4.07. The molecule has 1 amide bonds. The smallest absolute Gasteiger partial charge is 0.237 e. The lowest BCUT2D eigenvalue weighted by Crippen LogP contribution is -2.49. The third kappa shape index (κ3) is 3.29. The van der Waals surface area contributed by atoms with Crippen LogP contribution in [0, 0.1) is 13.8 Å². The lowest BCUT2D eigenvalue weighted by atomic mass is 9.96. The van der Waals surface area contributed by atoms with Crippen LogP contribution in [0.25, 0.3) is 0 Å². The highest BCUT2D eigenvalue weighted by Gasteiger charge is 2.24. The number of carbonyl (C=O) groups excluding carboxylic acids is 1. The number of nitrogens with zero attached hydrogens (tertiary/aromatic N) is 2. The van der Waals surface area contributed by atoms with Crippen LogP contribution in [-0.2, 0) is 11.3 Å². The minimum Gasteiger partial charge on any atom is -0.368 e. The van der Waals surface area contributed by atoms with Crippen molar-refractivity contribution in [2.45, 2.75) is 45.7 Å². The van der Waals surface area contributed by atoms with Gasteiger partial charge < -0.3 is 11.5 Å². The Morgan fingerprint density at radius 2 is 2.12 bits per heavy atom. The molecule has 4 N–H and O–H groups in total. The maximum absolute atomic E-state index is 11.1. The summed E-state index contributed by atoms with van der Waals surface area (Å²) in [4.78, 5) is 11.1. The Labute approximate surface area is 110 Å². The van der Waals surface area contributed by atoms with E-state index in [2.05, 4.69) is 21.0 Å². The summed E-state index contributed by atoms with van der Waals surface area (Å²) in [5.41, 5.74) is 12.1. The van der Waals surface area contributed by atoms with Crippen molar-refractivity contribution in [2.75, 3.05) is 0 Å². The molecule has 96 valence electrons. The number of carbonyl (C=O) groups is 1. The number of nitrogens with two attached hydrogens (primary N) is 2. The van der Waals surface area contributed by atoms with E-state index in [1.54, 1.807) is 6.92 Å². The summed E-state index contributed by atoms with van der Waals surface area (Å²) in [5, 5.41) is 4.39. The van der Waals surface area contributed by atoms with Crippen LogP contribution >= 0.6 is 15.9 Å². The van der Waals surface area contributed by atoms with Gasteiger partial charge in [-0.3, -0.25) is 9.48 Å².